The quantitative estimate of drug-likeness (QED) is 0.646. The number of nitrogens with one attached hydrogen (secondary N) is 1. The van der Waals surface area contributed by atoms with Crippen LogP contribution in [-0.4, -0.2) is 5.91 Å². The maximum atomic E-state index is 12.4. The van der Waals surface area contributed by atoms with E-state index in [2.05, 4.69) is 18.5 Å². The first-order valence-electron chi connectivity index (χ1n) is 8.06. The van der Waals surface area contributed by atoms with Crippen molar-refractivity contribution in [3.63, 3.8) is 0 Å². The molecule has 0 aliphatic rings. The summed E-state index contributed by atoms with van der Waals surface area (Å²) in [5.74, 6) is -0.136. The third kappa shape index (κ3) is 3.93. The third-order valence-electron chi connectivity index (χ3n) is 4.02. The highest BCUT2D eigenvalue weighted by molar-refractivity contribution is 6.04. The monoisotopic (exact) mass is 325 g/mol. The van der Waals surface area contributed by atoms with Crippen molar-refractivity contribution in [3.8, 4) is 0 Å². The maximum Gasteiger partial charge on any atom is 0.255 e. The van der Waals surface area contributed by atoms with Crippen molar-refractivity contribution >= 4 is 23.2 Å². The molecule has 3 aromatic rings. The van der Waals surface area contributed by atoms with E-state index < -0.39 is 0 Å². The summed E-state index contributed by atoms with van der Waals surface area (Å²) in [5, 5.41) is 2.89. The molecule has 0 spiro atoms. The van der Waals surface area contributed by atoms with Gasteiger partial charge in [-0.15, -0.1) is 0 Å². The summed E-state index contributed by atoms with van der Waals surface area (Å²) >= 11 is 0. The molecular weight excluding hydrogens is 306 g/mol. The van der Waals surface area contributed by atoms with Crippen molar-refractivity contribution in [1.82, 2.24) is 0 Å². The highest BCUT2D eigenvalue weighted by atomic mass is 16.1. The summed E-state index contributed by atoms with van der Waals surface area (Å²) in [6.45, 7) is 7.86. The molecule has 1 N–H and O–H groups in total. The van der Waals surface area contributed by atoms with Crippen LogP contribution in [0.15, 0.2) is 92.0 Å². The summed E-state index contributed by atoms with van der Waals surface area (Å²) in [5.41, 5.74) is 5.39. The smallest absolute Gasteiger partial charge is 0.255 e. The molecule has 0 unspecified atom stereocenters. The van der Waals surface area contributed by atoms with Gasteiger partial charge in [-0.05, 0) is 46.5 Å². The lowest BCUT2D eigenvalue weighted by molar-refractivity contribution is 0.102. The van der Waals surface area contributed by atoms with Crippen molar-refractivity contribution in [2.24, 2.45) is 0 Å². The fraction of sp³-hybridized carbons (Fsp3) is 0. The Morgan fingerprint density at radius 2 is 1.32 bits per heavy atom. The van der Waals surface area contributed by atoms with E-state index in [9.17, 15) is 4.79 Å². The van der Waals surface area contributed by atoms with Gasteiger partial charge in [0.1, 0.15) is 0 Å². The number of carbonyl (C=O) groups is 1. The van der Waals surface area contributed by atoms with E-state index in [0.717, 1.165) is 28.0 Å². The number of hydrogen-bond acceptors (Lipinski definition) is 1. The SMILES string of the molecule is C=Cc1ccc(NC(=O)c2ccc(C(=C)c3ccccc3)cc2)cc1. The zero-order chi connectivity index (χ0) is 17.6. The van der Waals surface area contributed by atoms with Crippen LogP contribution in [-0.2, 0) is 0 Å². The van der Waals surface area contributed by atoms with E-state index in [-0.39, 0.29) is 5.91 Å². The fourth-order valence-electron chi connectivity index (χ4n) is 2.53. The molecule has 0 bridgehead atoms. The molecule has 0 atom stereocenters. The van der Waals surface area contributed by atoms with Crippen LogP contribution in [0.25, 0.3) is 11.6 Å². The standard InChI is InChI=1S/C23H19NO/c1-3-18-9-15-22(16-10-18)24-23(25)21-13-11-20(12-14-21)17(2)19-7-5-4-6-8-19/h3-16H,1-2H2,(H,24,25). The van der Waals surface area contributed by atoms with Gasteiger partial charge in [0.25, 0.3) is 5.91 Å². The molecule has 3 aromatic carbocycles. The lowest BCUT2D eigenvalue weighted by atomic mass is 9.98. The second-order valence-electron chi connectivity index (χ2n) is 5.70. The van der Waals surface area contributed by atoms with E-state index >= 15 is 0 Å². The van der Waals surface area contributed by atoms with Crippen LogP contribution in [0, 0.1) is 0 Å². The first kappa shape index (κ1) is 16.5. The van der Waals surface area contributed by atoms with Crippen LogP contribution < -0.4 is 5.32 Å². The minimum Gasteiger partial charge on any atom is -0.322 e. The number of amides is 1. The lowest BCUT2D eigenvalue weighted by Gasteiger charge is -2.09. The molecule has 0 heterocycles. The maximum absolute atomic E-state index is 12.4. The minimum atomic E-state index is -0.136. The summed E-state index contributed by atoms with van der Waals surface area (Å²) < 4.78 is 0. The molecule has 0 aliphatic heterocycles. The molecule has 25 heavy (non-hydrogen) atoms. The molecule has 122 valence electrons. The minimum absolute atomic E-state index is 0.136. The number of hydrogen-bond donors (Lipinski definition) is 1. The zero-order valence-corrected chi connectivity index (χ0v) is 13.9. The summed E-state index contributed by atoms with van der Waals surface area (Å²) in [4.78, 5) is 12.4. The fourth-order valence-corrected chi connectivity index (χ4v) is 2.53. The average molecular weight is 325 g/mol. The molecule has 0 aliphatic carbocycles. The first-order chi connectivity index (χ1) is 12.2. The van der Waals surface area contributed by atoms with Crippen molar-refractivity contribution in [3.05, 3.63) is 114 Å². The van der Waals surface area contributed by atoms with Crippen LogP contribution in [0.4, 0.5) is 5.69 Å². The van der Waals surface area contributed by atoms with Gasteiger partial charge in [0.15, 0.2) is 0 Å². The highest BCUT2D eigenvalue weighted by Gasteiger charge is 2.07. The topological polar surface area (TPSA) is 29.1 Å². The molecule has 3 rings (SSSR count). The number of carbonyl (C=O) groups excluding carboxylic acids is 1. The van der Waals surface area contributed by atoms with Crippen LogP contribution in [0.5, 0.6) is 0 Å². The van der Waals surface area contributed by atoms with E-state index in [0.29, 0.717) is 5.56 Å². The molecule has 0 radical (unpaired) electrons. The molecule has 1 amide bonds. The van der Waals surface area contributed by atoms with E-state index in [1.54, 1.807) is 6.08 Å². The Morgan fingerprint density at radius 3 is 1.92 bits per heavy atom. The van der Waals surface area contributed by atoms with Crippen LogP contribution in [0.2, 0.25) is 0 Å². The molecule has 2 nitrogen and oxygen atoms in total. The van der Waals surface area contributed by atoms with Gasteiger partial charge in [-0.25, -0.2) is 0 Å². The van der Waals surface area contributed by atoms with Crippen LogP contribution >= 0.6 is 0 Å². The Balaban J connectivity index is 1.72. The van der Waals surface area contributed by atoms with Crippen LogP contribution in [0.3, 0.4) is 0 Å². The first-order valence-corrected chi connectivity index (χ1v) is 8.06. The van der Waals surface area contributed by atoms with Gasteiger partial charge in [-0.2, -0.15) is 0 Å². The van der Waals surface area contributed by atoms with Gasteiger partial charge in [0.2, 0.25) is 0 Å². The van der Waals surface area contributed by atoms with Crippen molar-refractivity contribution in [2.75, 3.05) is 5.32 Å². The molecular formula is C23H19NO. The normalized spacial score (nSPS) is 10.1. The second kappa shape index (κ2) is 7.45. The predicted molar refractivity (Wildman–Crippen MR) is 106 cm³/mol. The Kier molecular flexibility index (Phi) is 4.91. The van der Waals surface area contributed by atoms with Gasteiger partial charge in [0.05, 0.1) is 0 Å². The molecule has 0 saturated carbocycles. The Hall–Kier alpha value is -3.39. The summed E-state index contributed by atoms with van der Waals surface area (Å²) in [7, 11) is 0. The Bertz CT molecular complexity index is 891. The average Bonchev–Trinajstić information content (AvgIpc) is 2.69. The summed E-state index contributed by atoms with van der Waals surface area (Å²) in [6, 6.07) is 25.0. The van der Waals surface area contributed by atoms with Gasteiger partial charge < -0.3 is 5.32 Å². The summed E-state index contributed by atoms with van der Waals surface area (Å²) in [6.07, 6.45) is 1.77. The molecule has 2 heteroatoms. The van der Waals surface area contributed by atoms with Gasteiger partial charge >= 0.3 is 0 Å². The van der Waals surface area contributed by atoms with E-state index in [1.807, 2.05) is 78.9 Å². The zero-order valence-electron chi connectivity index (χ0n) is 13.9. The van der Waals surface area contributed by atoms with E-state index in [1.165, 1.54) is 0 Å². The Labute approximate surface area is 148 Å². The number of rotatable bonds is 5. The second-order valence-corrected chi connectivity index (χ2v) is 5.70. The van der Waals surface area contributed by atoms with Gasteiger partial charge in [-0.3, -0.25) is 4.79 Å². The lowest BCUT2D eigenvalue weighted by Crippen LogP contribution is -2.11. The van der Waals surface area contributed by atoms with Gasteiger partial charge in [0, 0.05) is 11.3 Å². The third-order valence-corrected chi connectivity index (χ3v) is 4.02. The Morgan fingerprint density at radius 1 is 0.760 bits per heavy atom. The van der Waals surface area contributed by atoms with Crippen molar-refractivity contribution in [2.45, 2.75) is 0 Å². The number of benzene rings is 3. The molecule has 0 fully saturated rings. The largest absolute Gasteiger partial charge is 0.322 e. The highest BCUT2D eigenvalue weighted by Crippen LogP contribution is 2.22. The number of anilines is 1. The van der Waals surface area contributed by atoms with Crippen LogP contribution in [0.1, 0.15) is 27.0 Å². The molecule has 0 aromatic heterocycles. The van der Waals surface area contributed by atoms with E-state index in [4.69, 9.17) is 0 Å². The van der Waals surface area contributed by atoms with Gasteiger partial charge in [-0.1, -0.05) is 73.8 Å². The molecule has 0 saturated heterocycles. The van der Waals surface area contributed by atoms with Crippen molar-refractivity contribution < 1.29 is 4.79 Å². The van der Waals surface area contributed by atoms with Crippen molar-refractivity contribution in [1.29, 1.82) is 0 Å². The predicted octanol–water partition coefficient (Wildman–Crippen LogP) is 5.64.